The fourth-order valence-corrected chi connectivity index (χ4v) is 4.52. The molecule has 4 heteroatoms. The standard InChI is InChI=1S/C31H53ClO3/c1-3-5-7-9-11-13-15-17-19-21-23-34-29-25-28(31(32)33)26-30(27-29)35-24-22-20-18-16-14-12-10-8-6-4-2/h25-27H,3-24H2,1-2H3. The van der Waals surface area contributed by atoms with Crippen LogP contribution in [0.2, 0.25) is 0 Å². The number of hydrogen-bond donors (Lipinski definition) is 0. The molecule has 0 saturated heterocycles. The number of unbranched alkanes of at least 4 members (excludes halogenated alkanes) is 18. The highest BCUT2D eigenvalue weighted by Crippen LogP contribution is 2.25. The molecule has 0 aliphatic carbocycles. The van der Waals surface area contributed by atoms with Crippen LogP contribution in [0.5, 0.6) is 11.5 Å². The first-order valence-corrected chi connectivity index (χ1v) is 15.2. The Balaban J connectivity index is 2.18. The van der Waals surface area contributed by atoms with Gasteiger partial charge in [-0.2, -0.15) is 0 Å². The van der Waals surface area contributed by atoms with Crippen LogP contribution in [-0.2, 0) is 0 Å². The summed E-state index contributed by atoms with van der Waals surface area (Å²) in [6.07, 6.45) is 26.0. The lowest BCUT2D eigenvalue weighted by Crippen LogP contribution is -2.02. The van der Waals surface area contributed by atoms with E-state index in [4.69, 9.17) is 21.1 Å². The zero-order valence-corrected chi connectivity index (χ0v) is 23.6. The predicted octanol–water partition coefficient (Wildman–Crippen LogP) is 10.7. The molecule has 0 atom stereocenters. The van der Waals surface area contributed by atoms with Gasteiger partial charge in [0.25, 0.3) is 5.24 Å². The molecule has 0 radical (unpaired) electrons. The SMILES string of the molecule is CCCCCCCCCCCCOc1cc(OCCCCCCCCCCCC)cc(C(=O)Cl)c1. The van der Waals surface area contributed by atoms with Crippen molar-refractivity contribution in [3.05, 3.63) is 23.8 Å². The van der Waals surface area contributed by atoms with Crippen molar-refractivity contribution >= 4 is 16.8 Å². The maximum absolute atomic E-state index is 11.7. The second-order valence-corrected chi connectivity index (χ2v) is 10.4. The van der Waals surface area contributed by atoms with Crippen molar-refractivity contribution in [3.8, 4) is 11.5 Å². The van der Waals surface area contributed by atoms with Gasteiger partial charge in [-0.3, -0.25) is 4.79 Å². The molecule has 1 aromatic rings. The summed E-state index contributed by atoms with van der Waals surface area (Å²) >= 11 is 5.74. The van der Waals surface area contributed by atoms with E-state index in [1.807, 2.05) is 6.07 Å². The quantitative estimate of drug-likeness (QED) is 0.0972. The van der Waals surface area contributed by atoms with Gasteiger partial charge < -0.3 is 9.47 Å². The highest BCUT2D eigenvalue weighted by Gasteiger charge is 2.08. The van der Waals surface area contributed by atoms with Crippen molar-refractivity contribution in [2.45, 2.75) is 142 Å². The molecule has 202 valence electrons. The van der Waals surface area contributed by atoms with Crippen LogP contribution in [-0.4, -0.2) is 18.5 Å². The molecule has 0 aliphatic rings. The predicted molar refractivity (Wildman–Crippen MR) is 151 cm³/mol. The van der Waals surface area contributed by atoms with Crippen molar-refractivity contribution in [1.29, 1.82) is 0 Å². The molecule has 0 unspecified atom stereocenters. The van der Waals surface area contributed by atoms with E-state index in [9.17, 15) is 4.79 Å². The highest BCUT2D eigenvalue weighted by atomic mass is 35.5. The van der Waals surface area contributed by atoms with E-state index in [2.05, 4.69) is 13.8 Å². The maximum atomic E-state index is 11.7. The lowest BCUT2D eigenvalue weighted by Gasteiger charge is -2.11. The van der Waals surface area contributed by atoms with Crippen LogP contribution in [0.15, 0.2) is 18.2 Å². The molecule has 0 bridgehead atoms. The first kappa shape index (κ1) is 31.8. The van der Waals surface area contributed by atoms with Crippen LogP contribution >= 0.6 is 11.6 Å². The zero-order valence-electron chi connectivity index (χ0n) is 22.9. The number of benzene rings is 1. The Morgan fingerprint density at radius 1 is 0.543 bits per heavy atom. The van der Waals surface area contributed by atoms with Crippen LogP contribution in [0.1, 0.15) is 153 Å². The number of hydrogen-bond acceptors (Lipinski definition) is 3. The topological polar surface area (TPSA) is 35.5 Å². The van der Waals surface area contributed by atoms with E-state index in [1.54, 1.807) is 12.1 Å². The Bertz CT molecular complexity index is 587. The minimum Gasteiger partial charge on any atom is -0.493 e. The van der Waals surface area contributed by atoms with E-state index in [0.29, 0.717) is 30.3 Å². The number of ether oxygens (including phenoxy) is 2. The van der Waals surface area contributed by atoms with Gasteiger partial charge in [-0.1, -0.05) is 129 Å². The summed E-state index contributed by atoms with van der Waals surface area (Å²) in [5.74, 6) is 1.34. The summed E-state index contributed by atoms with van der Waals surface area (Å²) in [6.45, 7) is 5.85. The van der Waals surface area contributed by atoms with Crippen LogP contribution in [0.4, 0.5) is 0 Å². The number of rotatable bonds is 25. The average molecular weight is 509 g/mol. The van der Waals surface area contributed by atoms with Gasteiger partial charge >= 0.3 is 0 Å². The Morgan fingerprint density at radius 2 is 0.857 bits per heavy atom. The van der Waals surface area contributed by atoms with E-state index in [0.717, 1.165) is 12.8 Å². The van der Waals surface area contributed by atoms with Crippen molar-refractivity contribution in [2.75, 3.05) is 13.2 Å². The van der Waals surface area contributed by atoms with Crippen LogP contribution in [0.3, 0.4) is 0 Å². The summed E-state index contributed by atoms with van der Waals surface area (Å²) < 4.78 is 11.9. The Labute approximate surface area is 221 Å². The molecule has 0 spiro atoms. The molecule has 0 fully saturated rings. The number of halogens is 1. The largest absolute Gasteiger partial charge is 0.493 e. The van der Waals surface area contributed by atoms with Crippen molar-refractivity contribution in [3.63, 3.8) is 0 Å². The summed E-state index contributed by atoms with van der Waals surface area (Å²) in [7, 11) is 0. The molecule has 1 rings (SSSR count). The third kappa shape index (κ3) is 18.7. The van der Waals surface area contributed by atoms with E-state index in [1.165, 1.54) is 116 Å². The Kier molecular flexibility index (Phi) is 21.1. The van der Waals surface area contributed by atoms with Crippen LogP contribution in [0, 0.1) is 0 Å². The molecule has 0 saturated carbocycles. The fraction of sp³-hybridized carbons (Fsp3) is 0.774. The minimum atomic E-state index is -0.474. The normalized spacial score (nSPS) is 11.1. The molecule has 0 aliphatic heterocycles. The smallest absolute Gasteiger partial charge is 0.252 e. The fourth-order valence-electron chi connectivity index (χ4n) is 4.41. The molecule has 0 aromatic heterocycles. The molecular weight excluding hydrogens is 456 g/mol. The highest BCUT2D eigenvalue weighted by molar-refractivity contribution is 6.67. The molecule has 0 amide bonds. The van der Waals surface area contributed by atoms with Gasteiger partial charge in [0.1, 0.15) is 11.5 Å². The number of carbonyl (C=O) groups is 1. The molecule has 35 heavy (non-hydrogen) atoms. The van der Waals surface area contributed by atoms with Crippen LogP contribution < -0.4 is 9.47 Å². The van der Waals surface area contributed by atoms with Gasteiger partial charge in [0, 0.05) is 11.6 Å². The van der Waals surface area contributed by atoms with Gasteiger partial charge in [0.15, 0.2) is 0 Å². The molecule has 1 aromatic carbocycles. The molecule has 0 N–H and O–H groups in total. The second kappa shape index (κ2) is 23.2. The lowest BCUT2D eigenvalue weighted by atomic mass is 10.1. The molecule has 0 heterocycles. The maximum Gasteiger partial charge on any atom is 0.252 e. The van der Waals surface area contributed by atoms with E-state index < -0.39 is 5.24 Å². The van der Waals surface area contributed by atoms with Gasteiger partial charge in [0.2, 0.25) is 0 Å². The first-order chi connectivity index (χ1) is 17.2. The van der Waals surface area contributed by atoms with Gasteiger partial charge in [-0.25, -0.2) is 0 Å². The van der Waals surface area contributed by atoms with Crippen molar-refractivity contribution in [1.82, 2.24) is 0 Å². The van der Waals surface area contributed by atoms with Gasteiger partial charge in [-0.15, -0.1) is 0 Å². The van der Waals surface area contributed by atoms with Crippen molar-refractivity contribution < 1.29 is 14.3 Å². The average Bonchev–Trinajstić information content (AvgIpc) is 2.85. The number of carbonyl (C=O) groups excluding carboxylic acids is 1. The Hall–Kier alpha value is -1.22. The minimum absolute atomic E-state index is 0.435. The summed E-state index contributed by atoms with van der Waals surface area (Å²) in [4.78, 5) is 11.7. The van der Waals surface area contributed by atoms with Gasteiger partial charge in [-0.05, 0) is 36.6 Å². The molecule has 3 nitrogen and oxygen atoms in total. The lowest BCUT2D eigenvalue weighted by molar-refractivity contribution is 0.108. The van der Waals surface area contributed by atoms with Crippen LogP contribution in [0.25, 0.3) is 0 Å². The zero-order chi connectivity index (χ0) is 25.4. The second-order valence-electron chi connectivity index (χ2n) is 10.0. The van der Waals surface area contributed by atoms with Gasteiger partial charge in [0.05, 0.1) is 13.2 Å². The van der Waals surface area contributed by atoms with E-state index in [-0.39, 0.29) is 0 Å². The molecular formula is C31H53ClO3. The summed E-state index contributed by atoms with van der Waals surface area (Å²) in [5.41, 5.74) is 0.435. The van der Waals surface area contributed by atoms with Crippen molar-refractivity contribution in [2.24, 2.45) is 0 Å². The third-order valence-corrected chi connectivity index (χ3v) is 6.86. The Morgan fingerprint density at radius 3 is 1.17 bits per heavy atom. The summed E-state index contributed by atoms with van der Waals surface area (Å²) in [5, 5.41) is -0.474. The van der Waals surface area contributed by atoms with E-state index >= 15 is 0 Å². The first-order valence-electron chi connectivity index (χ1n) is 14.8. The summed E-state index contributed by atoms with van der Waals surface area (Å²) in [6, 6.07) is 5.33. The monoisotopic (exact) mass is 508 g/mol. The third-order valence-electron chi connectivity index (χ3n) is 6.64.